The first-order chi connectivity index (χ1) is 16.5. The van der Waals surface area contributed by atoms with Gasteiger partial charge in [-0.15, -0.1) is 0 Å². The summed E-state index contributed by atoms with van der Waals surface area (Å²) in [5.41, 5.74) is 6.08. The lowest BCUT2D eigenvalue weighted by molar-refractivity contribution is 0.0941. The third kappa shape index (κ3) is 4.10. The van der Waals surface area contributed by atoms with E-state index < -0.39 is 0 Å². The Labute approximate surface area is 198 Å². The molecule has 1 amide bonds. The molecule has 5 rings (SSSR count). The average Bonchev–Trinajstić information content (AvgIpc) is 3.53. The van der Waals surface area contributed by atoms with Gasteiger partial charge >= 0.3 is 0 Å². The van der Waals surface area contributed by atoms with Gasteiger partial charge in [-0.3, -0.25) is 9.48 Å². The molecule has 0 aliphatic carbocycles. The first-order valence-corrected chi connectivity index (χ1v) is 11.5. The molecular weight excluding hydrogens is 422 g/mol. The van der Waals surface area contributed by atoms with Crippen molar-refractivity contribution in [1.29, 1.82) is 0 Å². The van der Waals surface area contributed by atoms with Gasteiger partial charge < -0.3 is 9.88 Å². The normalized spacial score (nSPS) is 12.1. The van der Waals surface area contributed by atoms with Gasteiger partial charge in [-0.05, 0) is 62.7 Å². The van der Waals surface area contributed by atoms with Crippen molar-refractivity contribution in [3.63, 3.8) is 0 Å². The molecule has 3 aromatic heterocycles. The van der Waals surface area contributed by atoms with Crippen molar-refractivity contribution in [3.8, 4) is 16.9 Å². The van der Waals surface area contributed by atoms with Crippen molar-refractivity contribution >= 4 is 16.8 Å². The van der Waals surface area contributed by atoms with Crippen molar-refractivity contribution < 1.29 is 4.79 Å². The lowest BCUT2D eigenvalue weighted by atomic mass is 10.0. The van der Waals surface area contributed by atoms with Gasteiger partial charge in [0, 0.05) is 41.8 Å². The smallest absolute Gasteiger partial charge is 0.252 e. The number of pyridine rings is 1. The summed E-state index contributed by atoms with van der Waals surface area (Å²) in [5.74, 6) is -0.126. The number of hydrogen-bond acceptors (Lipinski definition) is 3. The minimum absolute atomic E-state index is 0.126. The number of benzene rings is 2. The molecule has 1 atom stereocenters. The molecule has 5 aromatic rings. The molecule has 0 saturated heterocycles. The van der Waals surface area contributed by atoms with E-state index in [0.717, 1.165) is 45.6 Å². The maximum absolute atomic E-state index is 13.5. The van der Waals surface area contributed by atoms with Crippen LogP contribution in [0.15, 0.2) is 85.3 Å². The molecule has 0 saturated carbocycles. The van der Waals surface area contributed by atoms with Gasteiger partial charge in [-0.1, -0.05) is 30.3 Å². The second kappa shape index (κ2) is 8.98. The number of aromatic nitrogens is 4. The third-order valence-corrected chi connectivity index (χ3v) is 6.13. The number of fused-ring (bicyclic) bond motifs is 1. The van der Waals surface area contributed by atoms with Crippen LogP contribution in [0.2, 0.25) is 0 Å². The van der Waals surface area contributed by atoms with Crippen molar-refractivity contribution in [1.82, 2.24) is 24.6 Å². The first kappa shape index (κ1) is 21.6. The zero-order valence-corrected chi connectivity index (χ0v) is 19.6. The molecule has 170 valence electrons. The molecule has 6 nitrogen and oxygen atoms in total. The fourth-order valence-corrected chi connectivity index (χ4v) is 4.25. The largest absolute Gasteiger partial charge is 0.345 e. The van der Waals surface area contributed by atoms with Crippen LogP contribution in [0, 0.1) is 6.92 Å². The minimum Gasteiger partial charge on any atom is -0.345 e. The summed E-state index contributed by atoms with van der Waals surface area (Å²) in [7, 11) is 0. The molecule has 0 aliphatic rings. The fraction of sp³-hybridized carbons (Fsp3) is 0.179. The van der Waals surface area contributed by atoms with Crippen molar-refractivity contribution in [2.75, 3.05) is 0 Å². The van der Waals surface area contributed by atoms with E-state index >= 15 is 0 Å². The Kier molecular flexibility index (Phi) is 5.72. The fourth-order valence-electron chi connectivity index (χ4n) is 4.25. The Balaban J connectivity index is 1.49. The summed E-state index contributed by atoms with van der Waals surface area (Å²) in [6, 6.07) is 21.7. The van der Waals surface area contributed by atoms with Crippen LogP contribution in [0.4, 0.5) is 0 Å². The Bertz CT molecular complexity index is 1470. The van der Waals surface area contributed by atoms with Crippen molar-refractivity contribution in [2.24, 2.45) is 0 Å². The summed E-state index contributed by atoms with van der Waals surface area (Å²) in [5, 5.41) is 8.57. The molecule has 3 heterocycles. The predicted molar refractivity (Wildman–Crippen MR) is 135 cm³/mol. The van der Waals surface area contributed by atoms with Gasteiger partial charge in [0.2, 0.25) is 0 Å². The van der Waals surface area contributed by atoms with E-state index in [2.05, 4.69) is 34.0 Å². The monoisotopic (exact) mass is 449 g/mol. The zero-order valence-electron chi connectivity index (χ0n) is 19.6. The number of nitrogens with zero attached hydrogens (tertiary/aromatic N) is 4. The van der Waals surface area contributed by atoms with Crippen LogP contribution in [0.3, 0.4) is 0 Å². The Morgan fingerprint density at radius 3 is 2.59 bits per heavy atom. The van der Waals surface area contributed by atoms with Crippen molar-refractivity contribution in [3.05, 3.63) is 102 Å². The zero-order chi connectivity index (χ0) is 23.7. The van der Waals surface area contributed by atoms with E-state index in [0.29, 0.717) is 5.56 Å². The molecular formula is C28H27N5O. The van der Waals surface area contributed by atoms with Gasteiger partial charge in [-0.25, -0.2) is 4.98 Å². The van der Waals surface area contributed by atoms with E-state index in [1.165, 1.54) is 0 Å². The highest BCUT2D eigenvalue weighted by Gasteiger charge is 2.18. The molecule has 0 radical (unpaired) electrons. The maximum Gasteiger partial charge on any atom is 0.252 e. The second-order valence-corrected chi connectivity index (χ2v) is 8.44. The van der Waals surface area contributed by atoms with Crippen LogP contribution in [-0.2, 0) is 6.54 Å². The molecule has 6 heteroatoms. The lowest BCUT2D eigenvalue weighted by Crippen LogP contribution is -2.27. The van der Waals surface area contributed by atoms with Crippen molar-refractivity contribution in [2.45, 2.75) is 33.4 Å². The lowest BCUT2D eigenvalue weighted by Gasteiger charge is -2.17. The van der Waals surface area contributed by atoms with Crippen LogP contribution in [-0.4, -0.2) is 25.2 Å². The molecule has 34 heavy (non-hydrogen) atoms. The van der Waals surface area contributed by atoms with E-state index in [9.17, 15) is 4.79 Å². The number of para-hydroxylation sites is 1. The quantitative estimate of drug-likeness (QED) is 0.361. The van der Waals surface area contributed by atoms with Crippen LogP contribution in [0.5, 0.6) is 0 Å². The summed E-state index contributed by atoms with van der Waals surface area (Å²) < 4.78 is 3.95. The number of amides is 1. The molecule has 0 spiro atoms. The van der Waals surface area contributed by atoms with Gasteiger partial charge in [-0.2, -0.15) is 5.10 Å². The highest BCUT2D eigenvalue weighted by atomic mass is 16.1. The minimum atomic E-state index is -0.164. The molecule has 1 unspecified atom stereocenters. The number of aryl methyl sites for hydroxylation is 2. The van der Waals surface area contributed by atoms with Gasteiger partial charge in [0.05, 0.1) is 28.5 Å². The number of rotatable bonds is 6. The van der Waals surface area contributed by atoms with E-state index in [4.69, 9.17) is 4.98 Å². The van der Waals surface area contributed by atoms with E-state index in [-0.39, 0.29) is 11.9 Å². The topological polar surface area (TPSA) is 64.7 Å². The van der Waals surface area contributed by atoms with E-state index in [1.54, 1.807) is 0 Å². The number of nitrogens with one attached hydrogen (secondary N) is 1. The highest BCUT2D eigenvalue weighted by molar-refractivity contribution is 6.07. The molecule has 1 N–H and O–H groups in total. The first-order valence-electron chi connectivity index (χ1n) is 11.5. The van der Waals surface area contributed by atoms with Crippen LogP contribution in [0.1, 0.15) is 41.5 Å². The Morgan fingerprint density at radius 2 is 1.82 bits per heavy atom. The summed E-state index contributed by atoms with van der Waals surface area (Å²) in [6.45, 7) is 6.81. The number of carbonyl (C=O) groups is 1. The Morgan fingerprint density at radius 1 is 1.03 bits per heavy atom. The number of hydrogen-bond donors (Lipinski definition) is 1. The van der Waals surface area contributed by atoms with Gasteiger partial charge in [0.15, 0.2) is 0 Å². The highest BCUT2D eigenvalue weighted by Crippen LogP contribution is 2.27. The molecule has 0 bridgehead atoms. The standard InChI is InChI=1S/C28H27N5O/c1-4-33-18-25(20(3)31-33)27-17-24(23-12-5-6-13-26(23)30-27)28(34)29-19(2)21-10-9-11-22(16-21)32-14-7-8-15-32/h5-19H,4H2,1-3H3,(H,29,34). The second-order valence-electron chi connectivity index (χ2n) is 8.44. The summed E-state index contributed by atoms with van der Waals surface area (Å²) in [4.78, 5) is 18.4. The maximum atomic E-state index is 13.5. The molecule has 2 aromatic carbocycles. The Hall–Kier alpha value is -4.19. The van der Waals surface area contributed by atoms with Crippen LogP contribution < -0.4 is 5.32 Å². The average molecular weight is 450 g/mol. The number of carbonyl (C=O) groups excluding carboxylic acids is 1. The summed E-state index contributed by atoms with van der Waals surface area (Å²) in [6.07, 6.45) is 6.01. The van der Waals surface area contributed by atoms with Gasteiger partial charge in [0.1, 0.15) is 0 Å². The van der Waals surface area contributed by atoms with Gasteiger partial charge in [0.25, 0.3) is 5.91 Å². The SMILES string of the molecule is CCn1cc(-c2cc(C(=O)NC(C)c3cccc(-n4cccc4)c3)c3ccccc3n2)c(C)n1. The third-order valence-electron chi connectivity index (χ3n) is 6.13. The van der Waals surface area contributed by atoms with Crippen LogP contribution in [0.25, 0.3) is 27.8 Å². The van der Waals surface area contributed by atoms with Crippen LogP contribution >= 0.6 is 0 Å². The van der Waals surface area contributed by atoms with E-state index in [1.807, 2.05) is 91.7 Å². The molecule has 0 fully saturated rings. The molecule has 0 aliphatic heterocycles. The summed E-state index contributed by atoms with van der Waals surface area (Å²) >= 11 is 0. The predicted octanol–water partition coefficient (Wildman–Crippen LogP) is 5.71.